The predicted molar refractivity (Wildman–Crippen MR) is 142 cm³/mol. The highest BCUT2D eigenvalue weighted by Gasteiger charge is 2.05. The Kier molecular flexibility index (Phi) is 28.9. The summed E-state index contributed by atoms with van der Waals surface area (Å²) >= 11 is 0. The van der Waals surface area contributed by atoms with Crippen molar-refractivity contribution in [1.82, 2.24) is 14.7 Å². The Balaban J connectivity index is -0.000000297. The monoisotopic (exact) mass is 430 g/mol. The van der Waals surface area contributed by atoms with Gasteiger partial charge in [-0.15, -0.1) is 0 Å². The van der Waals surface area contributed by atoms with E-state index in [1.54, 1.807) is 0 Å². The van der Waals surface area contributed by atoms with Crippen molar-refractivity contribution in [3.8, 4) is 0 Å². The van der Waals surface area contributed by atoms with Gasteiger partial charge in [-0.3, -0.25) is 0 Å². The minimum atomic E-state index is 0.833. The first-order chi connectivity index (χ1) is 13.9. The molecule has 3 aliphatic heterocycles. The number of piperidine rings is 1. The van der Waals surface area contributed by atoms with Crippen molar-refractivity contribution in [1.29, 1.82) is 0 Å². The van der Waals surface area contributed by atoms with Gasteiger partial charge in [-0.05, 0) is 110 Å². The second-order valence-electron chi connectivity index (χ2n) is 11.2. The summed E-state index contributed by atoms with van der Waals surface area (Å²) < 4.78 is 0. The summed E-state index contributed by atoms with van der Waals surface area (Å²) in [7, 11) is 6.51. The molecule has 3 nitrogen and oxygen atoms in total. The van der Waals surface area contributed by atoms with Gasteiger partial charge in [0.05, 0.1) is 0 Å². The van der Waals surface area contributed by atoms with Gasteiger partial charge in [-0.2, -0.15) is 0 Å². The van der Waals surface area contributed by atoms with Crippen molar-refractivity contribution in [3.63, 3.8) is 0 Å². The fourth-order valence-corrected chi connectivity index (χ4v) is 2.40. The lowest BCUT2D eigenvalue weighted by atomic mass is 10.1. The zero-order chi connectivity index (χ0) is 23.9. The highest BCUT2D eigenvalue weighted by molar-refractivity contribution is 4.61. The van der Waals surface area contributed by atoms with Crippen molar-refractivity contribution in [2.75, 3.05) is 60.4 Å². The molecule has 0 bridgehead atoms. The van der Waals surface area contributed by atoms with Crippen LogP contribution in [0.1, 0.15) is 101 Å². The Morgan fingerprint density at radius 2 is 0.500 bits per heavy atom. The first-order valence-electron chi connectivity index (χ1n) is 12.9. The lowest BCUT2D eigenvalue weighted by Gasteiger charge is -2.24. The molecule has 0 saturated carbocycles. The summed E-state index contributed by atoms with van der Waals surface area (Å²) in [5.41, 5.74) is 0. The average molecular weight is 430 g/mol. The molecule has 30 heavy (non-hydrogen) atoms. The van der Waals surface area contributed by atoms with Crippen molar-refractivity contribution in [2.45, 2.75) is 101 Å². The van der Waals surface area contributed by atoms with Gasteiger partial charge in [-0.25, -0.2) is 0 Å². The van der Waals surface area contributed by atoms with E-state index in [1.165, 1.54) is 77.8 Å². The Bertz CT molecular complexity index is 264. The van der Waals surface area contributed by atoms with Gasteiger partial charge in [0.1, 0.15) is 0 Å². The van der Waals surface area contributed by atoms with Gasteiger partial charge in [0.15, 0.2) is 0 Å². The van der Waals surface area contributed by atoms with E-state index in [-0.39, 0.29) is 0 Å². The summed E-state index contributed by atoms with van der Waals surface area (Å²) in [5.74, 6) is 2.50. The molecule has 0 aromatic heterocycles. The number of nitrogens with zero attached hydrogens (tertiary/aromatic N) is 3. The van der Waals surface area contributed by atoms with E-state index < -0.39 is 0 Å². The third-order valence-electron chi connectivity index (χ3n) is 3.99. The Labute approximate surface area is 194 Å². The molecule has 0 aliphatic carbocycles. The van der Waals surface area contributed by atoms with E-state index in [2.05, 4.69) is 98.2 Å². The van der Waals surface area contributed by atoms with Gasteiger partial charge >= 0.3 is 0 Å². The number of rotatable bonds is 0. The predicted octanol–water partition coefficient (Wildman–Crippen LogP) is 7.12. The summed E-state index contributed by atoms with van der Waals surface area (Å²) in [6.45, 7) is 27.4. The summed E-state index contributed by atoms with van der Waals surface area (Å²) in [5, 5.41) is 0. The van der Waals surface area contributed by atoms with Crippen LogP contribution in [-0.2, 0) is 0 Å². The Hall–Kier alpha value is -0.120. The molecule has 0 N–H and O–H groups in total. The second kappa shape index (κ2) is 25.1. The molecular weight excluding hydrogens is 366 g/mol. The van der Waals surface area contributed by atoms with Crippen LogP contribution in [0.3, 0.4) is 0 Å². The smallest absolute Gasteiger partial charge is 0.000959 e. The van der Waals surface area contributed by atoms with Crippen LogP contribution in [0.25, 0.3) is 0 Å². The summed E-state index contributed by atoms with van der Waals surface area (Å²) in [6.07, 6.45) is 8.51. The number of hydrogen-bond acceptors (Lipinski definition) is 3. The highest BCUT2D eigenvalue weighted by atomic mass is 15.1. The number of hydrogen-bond donors (Lipinski definition) is 0. The van der Waals surface area contributed by atoms with Crippen molar-refractivity contribution in [2.24, 2.45) is 17.8 Å². The van der Waals surface area contributed by atoms with E-state index in [0.29, 0.717) is 0 Å². The molecule has 3 fully saturated rings. The summed E-state index contributed by atoms with van der Waals surface area (Å²) in [4.78, 5) is 7.06. The molecule has 0 spiro atoms. The minimum Gasteiger partial charge on any atom is -0.306 e. The molecule has 0 unspecified atom stereocenters. The standard InChI is InChI=1S/C6H13N.C5H11N.C4H9N.3C4H10/c1-7-5-3-2-4-6-7;1-6-4-2-3-5-6;1-5-3-2-4-5;3*1-4(2)3/h2-6H2,1H3;2-5H2,1H3;2-4H2,1H3;3*4H,1-3H3. The van der Waals surface area contributed by atoms with Crippen LogP contribution in [0.4, 0.5) is 0 Å². The lowest BCUT2D eigenvalue weighted by Crippen LogP contribution is -2.32. The van der Waals surface area contributed by atoms with Crippen molar-refractivity contribution in [3.05, 3.63) is 0 Å². The fraction of sp³-hybridized carbons (Fsp3) is 1.00. The molecule has 0 aromatic carbocycles. The fourth-order valence-electron chi connectivity index (χ4n) is 2.40. The molecule has 3 aliphatic rings. The van der Waals surface area contributed by atoms with Crippen LogP contribution in [0.2, 0.25) is 0 Å². The van der Waals surface area contributed by atoms with Gasteiger partial charge in [0.25, 0.3) is 0 Å². The third kappa shape index (κ3) is 46.2. The van der Waals surface area contributed by atoms with Crippen molar-refractivity contribution >= 4 is 0 Å². The second-order valence-corrected chi connectivity index (χ2v) is 11.2. The first kappa shape index (κ1) is 34.5. The first-order valence-corrected chi connectivity index (χ1v) is 12.9. The van der Waals surface area contributed by atoms with Crippen LogP contribution < -0.4 is 0 Å². The Morgan fingerprint density at radius 1 is 0.333 bits per heavy atom. The molecule has 0 aromatic rings. The van der Waals surface area contributed by atoms with Crippen LogP contribution in [0, 0.1) is 17.8 Å². The van der Waals surface area contributed by atoms with Crippen molar-refractivity contribution < 1.29 is 0 Å². The zero-order valence-corrected chi connectivity index (χ0v) is 23.6. The quantitative estimate of drug-likeness (QED) is 0.406. The van der Waals surface area contributed by atoms with Crippen LogP contribution >= 0.6 is 0 Å². The normalized spacial score (nSPS) is 18.9. The maximum absolute atomic E-state index is 2.39. The van der Waals surface area contributed by atoms with Crippen LogP contribution in [0.5, 0.6) is 0 Å². The van der Waals surface area contributed by atoms with E-state index in [1.807, 2.05) is 0 Å². The summed E-state index contributed by atoms with van der Waals surface area (Å²) in [6, 6.07) is 0. The third-order valence-corrected chi connectivity index (χ3v) is 3.99. The van der Waals surface area contributed by atoms with Gasteiger partial charge in [0, 0.05) is 0 Å². The van der Waals surface area contributed by atoms with E-state index in [0.717, 1.165) is 17.8 Å². The van der Waals surface area contributed by atoms with Gasteiger partial charge < -0.3 is 14.7 Å². The average Bonchev–Trinajstić information content (AvgIpc) is 3.04. The van der Waals surface area contributed by atoms with Crippen LogP contribution in [-0.4, -0.2) is 75.1 Å². The highest BCUT2D eigenvalue weighted by Crippen LogP contribution is 2.04. The molecule has 186 valence electrons. The SMILES string of the molecule is CC(C)C.CC(C)C.CC(C)C.CN1CCC1.CN1CCCC1.CN1CCCCC1. The molecule has 3 rings (SSSR count). The maximum Gasteiger partial charge on any atom is -0.000959 e. The topological polar surface area (TPSA) is 9.72 Å². The molecule has 0 amide bonds. The zero-order valence-electron chi connectivity index (χ0n) is 23.6. The molecule has 0 radical (unpaired) electrons. The Morgan fingerprint density at radius 3 is 0.567 bits per heavy atom. The molecule has 3 heterocycles. The molecule has 3 heteroatoms. The molecule has 0 atom stereocenters. The van der Waals surface area contributed by atoms with E-state index >= 15 is 0 Å². The van der Waals surface area contributed by atoms with E-state index in [4.69, 9.17) is 0 Å². The van der Waals surface area contributed by atoms with E-state index in [9.17, 15) is 0 Å². The van der Waals surface area contributed by atoms with Gasteiger partial charge in [0.2, 0.25) is 0 Å². The molecular formula is C27H63N3. The largest absolute Gasteiger partial charge is 0.306 e. The lowest BCUT2D eigenvalue weighted by molar-refractivity contribution is 0.229. The molecule has 3 saturated heterocycles. The van der Waals surface area contributed by atoms with Gasteiger partial charge in [-0.1, -0.05) is 68.7 Å². The minimum absolute atomic E-state index is 0.833. The number of likely N-dealkylation sites (tertiary alicyclic amines) is 3. The maximum atomic E-state index is 2.39. The van der Waals surface area contributed by atoms with Crippen LogP contribution in [0.15, 0.2) is 0 Å².